The van der Waals surface area contributed by atoms with E-state index in [2.05, 4.69) is 59.1 Å². The van der Waals surface area contributed by atoms with Gasteiger partial charge in [-0.3, -0.25) is 0 Å². The van der Waals surface area contributed by atoms with E-state index in [0.29, 0.717) is 0 Å². The molecule has 0 spiro atoms. The molecule has 0 aromatic carbocycles. The summed E-state index contributed by atoms with van der Waals surface area (Å²) in [7, 11) is -9.55. The molecule has 0 radical (unpaired) electrons. The van der Waals surface area contributed by atoms with Crippen LogP contribution in [0.1, 0.15) is 11.4 Å². The van der Waals surface area contributed by atoms with Crippen molar-refractivity contribution in [3.63, 3.8) is 0 Å². The fraction of sp³-hybridized carbons (Fsp3) is 0.263. The van der Waals surface area contributed by atoms with Crippen LogP contribution in [-0.4, -0.2) is 43.6 Å². The van der Waals surface area contributed by atoms with Crippen molar-refractivity contribution < 1.29 is 48.5 Å². The molecule has 0 fully saturated rings. The maximum absolute atomic E-state index is 10.7. The summed E-state index contributed by atoms with van der Waals surface area (Å²) in [6, 6.07) is 11.6. The number of alkyl halides is 3. The molecule has 0 aliphatic heterocycles. The van der Waals surface area contributed by atoms with Gasteiger partial charge in [0.15, 0.2) is 10.1 Å². The summed E-state index contributed by atoms with van der Waals surface area (Å²) in [4.78, 5) is 8.55. The third kappa shape index (κ3) is 9.97. The van der Waals surface area contributed by atoms with Crippen molar-refractivity contribution in [2.24, 2.45) is 0 Å². The fourth-order valence-electron chi connectivity index (χ4n) is 1.63. The van der Waals surface area contributed by atoms with Gasteiger partial charge >= 0.3 is 27.9 Å². The number of aromatic nitrogens is 2. The predicted octanol–water partition coefficient (Wildman–Crippen LogP) is 3.50. The average Bonchev–Trinajstić information content (AvgIpc) is 2.65. The maximum Gasteiger partial charge on any atom is 1.00 e. The van der Waals surface area contributed by atoms with Crippen molar-refractivity contribution in [1.29, 1.82) is 0 Å². The van der Waals surface area contributed by atoms with Gasteiger partial charge in [-0.15, -0.1) is 11.1 Å². The SMILES string of the molecule is C[Si](C)(C#Cc1ccccn1)[Si](C)(C)C#Cc1ccccn1.O=S(=O)([O-])C(F)(F)F.[Ag+]. The van der Waals surface area contributed by atoms with Crippen LogP contribution in [0.15, 0.2) is 48.8 Å². The quantitative estimate of drug-likeness (QED) is 0.224. The van der Waals surface area contributed by atoms with Crippen LogP contribution >= 0.6 is 0 Å². The Morgan fingerprint density at radius 3 is 1.39 bits per heavy atom. The largest absolute Gasteiger partial charge is 1.00 e. The molecule has 2 heterocycles. The van der Waals surface area contributed by atoms with Crippen LogP contribution in [0.5, 0.6) is 0 Å². The summed E-state index contributed by atoms with van der Waals surface area (Å²) in [5.41, 5.74) is 3.07. The standard InChI is InChI=1S/C18H20N2Si2.CHF3O3S.Ag/c1-21(2,15-11-17-9-5-7-13-19-17)22(3,4)16-12-18-10-6-8-14-20-18;2-1(3,4)8(5,6)7;/h5-10,13-14H,1-4H3;(H,5,6,7);/q;;+1/p-1. The Labute approximate surface area is 198 Å². The maximum atomic E-state index is 10.7. The Bertz CT molecular complexity index is 1010. The van der Waals surface area contributed by atoms with Gasteiger partial charge in [0.05, 0.1) is 0 Å². The van der Waals surface area contributed by atoms with E-state index in [1.165, 1.54) is 0 Å². The molecule has 0 saturated carbocycles. The first-order valence-electron chi connectivity index (χ1n) is 8.56. The van der Waals surface area contributed by atoms with E-state index >= 15 is 0 Å². The van der Waals surface area contributed by atoms with E-state index in [9.17, 15) is 13.2 Å². The zero-order chi connectivity index (χ0) is 23.1. The van der Waals surface area contributed by atoms with Crippen molar-refractivity contribution in [3.05, 3.63) is 60.2 Å². The van der Waals surface area contributed by atoms with Crippen molar-refractivity contribution >= 4 is 25.3 Å². The van der Waals surface area contributed by atoms with E-state index in [-0.39, 0.29) is 22.4 Å². The third-order valence-corrected chi connectivity index (χ3v) is 19.5. The minimum absolute atomic E-state index is 0. The van der Waals surface area contributed by atoms with Crippen molar-refractivity contribution in [1.82, 2.24) is 9.97 Å². The number of nitrogens with zero attached hydrogens (tertiary/aromatic N) is 2. The van der Waals surface area contributed by atoms with Crippen LogP contribution in [0, 0.1) is 22.9 Å². The first kappa shape index (κ1) is 29.3. The van der Waals surface area contributed by atoms with Crippen LogP contribution in [0.3, 0.4) is 0 Å². The second-order valence-electron chi connectivity index (χ2n) is 7.08. The molecule has 170 valence electrons. The molecule has 31 heavy (non-hydrogen) atoms. The number of hydrogen-bond donors (Lipinski definition) is 0. The minimum atomic E-state index is -6.09. The van der Waals surface area contributed by atoms with Gasteiger partial charge in [0.1, 0.15) is 26.6 Å². The number of halogens is 3. The zero-order valence-corrected chi connectivity index (χ0v) is 21.4. The Morgan fingerprint density at radius 2 is 1.16 bits per heavy atom. The molecule has 12 heteroatoms. The summed E-state index contributed by atoms with van der Waals surface area (Å²) >= 11 is 0. The van der Waals surface area contributed by atoms with Crippen LogP contribution in [0.2, 0.25) is 26.2 Å². The second-order valence-corrected chi connectivity index (χ2v) is 23.0. The number of pyridine rings is 2. The van der Waals surface area contributed by atoms with Crippen LogP contribution < -0.4 is 0 Å². The molecule has 0 N–H and O–H groups in total. The topological polar surface area (TPSA) is 83.0 Å². The van der Waals surface area contributed by atoms with E-state index < -0.39 is 30.8 Å². The molecule has 2 rings (SSSR count). The summed E-state index contributed by atoms with van der Waals surface area (Å²) in [5, 5.41) is 0. The van der Waals surface area contributed by atoms with Gasteiger partial charge in [0.2, 0.25) is 0 Å². The number of rotatable bonds is 1. The van der Waals surface area contributed by atoms with E-state index in [4.69, 9.17) is 13.0 Å². The normalized spacial score (nSPS) is 11.4. The Balaban J connectivity index is 0.000000858. The van der Waals surface area contributed by atoms with Gasteiger partial charge in [-0.25, -0.2) is 18.4 Å². The third-order valence-electron chi connectivity index (χ3n) is 4.18. The number of hydrogen-bond acceptors (Lipinski definition) is 5. The van der Waals surface area contributed by atoms with Gasteiger partial charge in [-0.1, -0.05) is 50.2 Å². The van der Waals surface area contributed by atoms with Gasteiger partial charge in [-0.05, 0) is 24.3 Å². The molecule has 0 aliphatic rings. The molecule has 0 bridgehead atoms. The van der Waals surface area contributed by atoms with E-state index in [0.717, 1.165) is 11.4 Å². The fourth-order valence-corrected chi connectivity index (χ4v) is 5.38. The Morgan fingerprint density at radius 1 is 0.839 bits per heavy atom. The molecule has 2 aromatic rings. The first-order chi connectivity index (χ1) is 13.7. The molecular weight excluding hydrogens is 557 g/mol. The summed E-state index contributed by atoms with van der Waals surface area (Å²) in [5.74, 6) is 6.48. The van der Waals surface area contributed by atoms with Gasteiger partial charge < -0.3 is 4.55 Å². The molecule has 0 saturated heterocycles. The Hall–Kier alpha value is -1.71. The Kier molecular flexibility index (Phi) is 11.1. The first-order valence-corrected chi connectivity index (χ1v) is 17.0. The van der Waals surface area contributed by atoms with Gasteiger partial charge in [0.25, 0.3) is 0 Å². The monoisotopic (exact) mass is 576 g/mol. The van der Waals surface area contributed by atoms with Crippen molar-refractivity contribution in [2.45, 2.75) is 31.7 Å². The predicted molar refractivity (Wildman–Crippen MR) is 113 cm³/mol. The molecule has 2 aromatic heterocycles. The van der Waals surface area contributed by atoms with Gasteiger partial charge in [0, 0.05) is 12.4 Å². The van der Waals surface area contributed by atoms with Crippen LogP contribution in [0.25, 0.3) is 0 Å². The van der Waals surface area contributed by atoms with E-state index in [1.54, 1.807) is 12.4 Å². The average molecular weight is 577 g/mol. The molecule has 0 atom stereocenters. The van der Waals surface area contributed by atoms with Crippen LogP contribution in [0.4, 0.5) is 13.2 Å². The summed E-state index contributed by atoms with van der Waals surface area (Å²) in [6.45, 7) is 9.23. The molecular formula is C19H20AgF3N2O3SSi2. The minimum Gasteiger partial charge on any atom is -0.741 e. The van der Waals surface area contributed by atoms with Gasteiger partial charge in [-0.2, -0.15) is 13.2 Å². The molecule has 0 aliphatic carbocycles. The van der Waals surface area contributed by atoms with E-state index in [1.807, 2.05) is 36.4 Å². The zero-order valence-electron chi connectivity index (χ0n) is 17.1. The van der Waals surface area contributed by atoms with Crippen molar-refractivity contribution in [3.8, 4) is 22.9 Å². The molecule has 0 amide bonds. The smallest absolute Gasteiger partial charge is 0.741 e. The van der Waals surface area contributed by atoms with Crippen molar-refractivity contribution in [2.75, 3.05) is 0 Å². The molecule has 0 unspecified atom stereocenters. The second kappa shape index (κ2) is 11.8. The summed E-state index contributed by atoms with van der Waals surface area (Å²) in [6.07, 6.45) is 3.56. The van der Waals surface area contributed by atoms with Crippen LogP contribution in [-0.2, 0) is 32.5 Å². The summed E-state index contributed by atoms with van der Waals surface area (Å²) < 4.78 is 58.9. The molecule has 5 nitrogen and oxygen atoms in total.